The highest BCUT2D eigenvalue weighted by atomic mass is 35.7. The molecule has 0 saturated carbocycles. The van der Waals surface area contributed by atoms with Gasteiger partial charge in [0.15, 0.2) is 11.5 Å². The Morgan fingerprint density at radius 3 is 2.30 bits per heavy atom. The molecule has 1 aromatic rings. The average Bonchev–Trinajstić information content (AvgIpc) is 2.38. The molecule has 0 aliphatic rings. The van der Waals surface area contributed by atoms with Crippen molar-refractivity contribution < 1.29 is 17.9 Å². The summed E-state index contributed by atoms with van der Waals surface area (Å²) in [4.78, 5) is 0. The third kappa shape index (κ3) is 7.01. The number of ether oxygens (including phenoxy) is 2. The van der Waals surface area contributed by atoms with Crippen LogP contribution in [0.15, 0.2) is 24.3 Å². The molecule has 1 atom stereocenters. The molecule has 6 heteroatoms. The highest BCUT2D eigenvalue weighted by Crippen LogP contribution is 2.26. The second kappa shape index (κ2) is 8.37. The van der Waals surface area contributed by atoms with E-state index in [2.05, 4.69) is 0 Å². The lowest BCUT2D eigenvalue weighted by atomic mass is 10.1. The molecule has 4 nitrogen and oxygen atoms in total. The fourth-order valence-electron chi connectivity index (χ4n) is 1.70. The van der Waals surface area contributed by atoms with Gasteiger partial charge in [-0.3, -0.25) is 0 Å². The minimum absolute atomic E-state index is 0.00521. The number of halogens is 1. The second-order valence-corrected chi connectivity index (χ2v) is 7.55. The van der Waals surface area contributed by atoms with E-state index in [1.807, 2.05) is 38.1 Å². The fourth-order valence-corrected chi connectivity index (χ4v) is 2.65. The van der Waals surface area contributed by atoms with Gasteiger partial charge in [-0.2, -0.15) is 0 Å². The average molecular weight is 321 g/mol. The molecule has 0 heterocycles. The quantitative estimate of drug-likeness (QED) is 0.654. The molecule has 0 radical (unpaired) electrons. The van der Waals surface area contributed by atoms with Crippen molar-refractivity contribution in [2.45, 2.75) is 26.7 Å². The maximum atomic E-state index is 10.9. The molecule has 1 unspecified atom stereocenters. The SMILES string of the molecule is CCOc1ccccc1OCCC(C)CCS(=O)(=O)Cl. The molecule has 114 valence electrons. The Balaban J connectivity index is 2.37. The van der Waals surface area contributed by atoms with E-state index >= 15 is 0 Å². The normalized spacial score (nSPS) is 12.9. The third-order valence-corrected chi connectivity index (χ3v) is 4.06. The number of benzene rings is 1. The summed E-state index contributed by atoms with van der Waals surface area (Å²) in [6.45, 7) is 5.02. The highest BCUT2D eigenvalue weighted by Gasteiger charge is 2.10. The van der Waals surface area contributed by atoms with Crippen LogP contribution in [0.2, 0.25) is 0 Å². The van der Waals surface area contributed by atoms with Crippen LogP contribution < -0.4 is 9.47 Å². The summed E-state index contributed by atoms with van der Waals surface area (Å²) in [6.07, 6.45) is 1.31. The summed E-state index contributed by atoms with van der Waals surface area (Å²) >= 11 is 0. The summed E-state index contributed by atoms with van der Waals surface area (Å²) < 4.78 is 32.9. The van der Waals surface area contributed by atoms with Crippen molar-refractivity contribution in [2.75, 3.05) is 19.0 Å². The van der Waals surface area contributed by atoms with Crippen LogP contribution in [0.5, 0.6) is 11.5 Å². The predicted octanol–water partition coefficient (Wildman–Crippen LogP) is 3.45. The molecule has 0 aliphatic carbocycles. The lowest BCUT2D eigenvalue weighted by Crippen LogP contribution is -2.09. The molecular formula is C14H21ClO4S. The van der Waals surface area contributed by atoms with Gasteiger partial charge in [0.25, 0.3) is 0 Å². The van der Waals surface area contributed by atoms with Gasteiger partial charge in [0, 0.05) is 10.7 Å². The van der Waals surface area contributed by atoms with Crippen molar-refractivity contribution >= 4 is 19.7 Å². The van der Waals surface area contributed by atoms with E-state index in [0.717, 1.165) is 12.2 Å². The first-order valence-corrected chi connectivity index (χ1v) is 9.17. The smallest absolute Gasteiger partial charge is 0.232 e. The first kappa shape index (κ1) is 17.1. The minimum atomic E-state index is -3.40. The highest BCUT2D eigenvalue weighted by molar-refractivity contribution is 8.13. The van der Waals surface area contributed by atoms with Crippen LogP contribution >= 0.6 is 10.7 Å². The predicted molar refractivity (Wildman–Crippen MR) is 81.1 cm³/mol. The van der Waals surface area contributed by atoms with E-state index in [9.17, 15) is 8.42 Å². The Kier molecular flexibility index (Phi) is 7.16. The Bertz CT molecular complexity index is 502. The Morgan fingerprint density at radius 1 is 1.15 bits per heavy atom. The van der Waals surface area contributed by atoms with E-state index in [1.165, 1.54) is 0 Å². The summed E-state index contributed by atoms with van der Waals surface area (Å²) in [5.41, 5.74) is 0. The third-order valence-electron chi connectivity index (χ3n) is 2.87. The Hall–Kier alpha value is -0.940. The van der Waals surface area contributed by atoms with Crippen LogP contribution in [-0.4, -0.2) is 27.4 Å². The van der Waals surface area contributed by atoms with Crippen LogP contribution in [-0.2, 0) is 9.05 Å². The summed E-state index contributed by atoms with van der Waals surface area (Å²) in [5.74, 6) is 1.69. The standard InChI is InChI=1S/C14H21ClO4S/c1-3-18-13-6-4-5-7-14(13)19-10-8-12(2)9-11-20(15,16)17/h4-7,12H,3,8-11H2,1-2H3. The van der Waals surface area contributed by atoms with E-state index < -0.39 is 9.05 Å². The Morgan fingerprint density at radius 2 is 1.75 bits per heavy atom. The van der Waals surface area contributed by atoms with E-state index in [1.54, 1.807) is 0 Å². The molecule has 20 heavy (non-hydrogen) atoms. The van der Waals surface area contributed by atoms with Crippen molar-refractivity contribution in [3.8, 4) is 11.5 Å². The van der Waals surface area contributed by atoms with Crippen molar-refractivity contribution in [3.63, 3.8) is 0 Å². The number of rotatable bonds is 9. The van der Waals surface area contributed by atoms with Gasteiger partial charge >= 0.3 is 0 Å². The minimum Gasteiger partial charge on any atom is -0.490 e. The van der Waals surface area contributed by atoms with Crippen molar-refractivity contribution in [3.05, 3.63) is 24.3 Å². The van der Waals surface area contributed by atoms with E-state index in [0.29, 0.717) is 25.4 Å². The van der Waals surface area contributed by atoms with Gasteiger partial charge in [-0.1, -0.05) is 19.1 Å². The van der Waals surface area contributed by atoms with Crippen LogP contribution in [0.25, 0.3) is 0 Å². The molecule has 1 aromatic carbocycles. The second-order valence-electron chi connectivity index (χ2n) is 4.65. The Labute approximate surface area is 125 Å². The van der Waals surface area contributed by atoms with E-state index in [4.69, 9.17) is 20.2 Å². The summed E-state index contributed by atoms with van der Waals surface area (Å²) in [5, 5.41) is 0. The van der Waals surface area contributed by atoms with Gasteiger partial charge in [0.1, 0.15) is 0 Å². The number of para-hydroxylation sites is 2. The molecule has 0 saturated heterocycles. The molecule has 0 spiro atoms. The molecule has 0 aliphatic heterocycles. The molecule has 1 rings (SSSR count). The maximum absolute atomic E-state index is 10.9. The molecule has 0 amide bonds. The molecule has 0 fully saturated rings. The monoisotopic (exact) mass is 320 g/mol. The first-order chi connectivity index (χ1) is 9.42. The topological polar surface area (TPSA) is 52.6 Å². The van der Waals surface area contributed by atoms with Gasteiger partial charge in [0.05, 0.1) is 19.0 Å². The lowest BCUT2D eigenvalue weighted by Gasteiger charge is -2.14. The van der Waals surface area contributed by atoms with Crippen LogP contribution in [0.4, 0.5) is 0 Å². The fraction of sp³-hybridized carbons (Fsp3) is 0.571. The molecular weight excluding hydrogens is 300 g/mol. The largest absolute Gasteiger partial charge is 0.490 e. The first-order valence-electron chi connectivity index (χ1n) is 6.69. The number of hydrogen-bond donors (Lipinski definition) is 0. The van der Waals surface area contributed by atoms with Crippen LogP contribution in [0.1, 0.15) is 26.7 Å². The zero-order valence-electron chi connectivity index (χ0n) is 11.8. The molecule has 0 N–H and O–H groups in total. The lowest BCUT2D eigenvalue weighted by molar-refractivity contribution is 0.257. The van der Waals surface area contributed by atoms with Crippen LogP contribution in [0.3, 0.4) is 0 Å². The van der Waals surface area contributed by atoms with Gasteiger partial charge in [-0.25, -0.2) is 8.42 Å². The summed E-state index contributed by atoms with van der Waals surface area (Å²) in [7, 11) is 1.79. The van der Waals surface area contributed by atoms with E-state index in [-0.39, 0.29) is 11.7 Å². The van der Waals surface area contributed by atoms with Crippen molar-refractivity contribution in [1.82, 2.24) is 0 Å². The van der Waals surface area contributed by atoms with Crippen molar-refractivity contribution in [1.29, 1.82) is 0 Å². The van der Waals surface area contributed by atoms with Gasteiger partial charge < -0.3 is 9.47 Å². The molecule has 0 bridgehead atoms. The molecule has 0 aromatic heterocycles. The van der Waals surface area contributed by atoms with Gasteiger partial charge in [-0.15, -0.1) is 0 Å². The van der Waals surface area contributed by atoms with Gasteiger partial charge in [0.2, 0.25) is 9.05 Å². The van der Waals surface area contributed by atoms with Crippen molar-refractivity contribution in [2.24, 2.45) is 5.92 Å². The van der Waals surface area contributed by atoms with Crippen LogP contribution in [0, 0.1) is 5.92 Å². The number of hydrogen-bond acceptors (Lipinski definition) is 4. The zero-order valence-corrected chi connectivity index (χ0v) is 13.4. The zero-order chi connectivity index (χ0) is 15.0. The maximum Gasteiger partial charge on any atom is 0.232 e. The summed E-state index contributed by atoms with van der Waals surface area (Å²) in [6, 6.07) is 7.51. The van der Waals surface area contributed by atoms with Gasteiger partial charge in [-0.05, 0) is 37.8 Å².